The molecule has 0 amide bonds. The summed E-state index contributed by atoms with van der Waals surface area (Å²) < 4.78 is 18.3. The smallest absolute Gasteiger partial charge is 0.163 e. The van der Waals surface area contributed by atoms with Gasteiger partial charge >= 0.3 is 0 Å². The molecule has 3 nitrogen and oxygen atoms in total. The van der Waals surface area contributed by atoms with Crippen molar-refractivity contribution in [3.63, 3.8) is 0 Å². The van der Waals surface area contributed by atoms with E-state index in [0.29, 0.717) is 0 Å². The van der Waals surface area contributed by atoms with Gasteiger partial charge in [0, 0.05) is 0 Å². The van der Waals surface area contributed by atoms with E-state index >= 15 is 0 Å². The topological polar surface area (TPSA) is 54.4 Å². The maximum atomic E-state index is 9.16. The van der Waals surface area contributed by atoms with Gasteiger partial charge in [-0.1, -0.05) is 0 Å². The maximum absolute atomic E-state index is 9.16. The first-order valence-corrected chi connectivity index (χ1v) is 2.36. The van der Waals surface area contributed by atoms with Crippen molar-refractivity contribution in [2.24, 2.45) is 0 Å². The van der Waals surface area contributed by atoms with Crippen LogP contribution in [0.3, 0.4) is 0 Å². The van der Waals surface area contributed by atoms with Gasteiger partial charge in [0.25, 0.3) is 0 Å². The number of hydrogen-bond acceptors (Lipinski definition) is 3. The predicted octanol–water partition coefficient (Wildman–Crippen LogP) is -1.45. The molecule has 4 heteroatoms. The zero-order valence-corrected chi connectivity index (χ0v) is 3.31. The van der Waals surface area contributed by atoms with Gasteiger partial charge in [-0.3, -0.25) is 0 Å². The first-order chi connectivity index (χ1) is 2.27. The Kier molecular flexibility index (Phi) is 2.13. The summed E-state index contributed by atoms with van der Waals surface area (Å²) in [6, 6.07) is 0. The second-order valence-electron chi connectivity index (χ2n) is 0.474. The van der Waals surface area contributed by atoms with Crippen LogP contribution in [0.1, 0.15) is 0 Å². The van der Waals surface area contributed by atoms with Crippen molar-refractivity contribution in [1.82, 2.24) is 0 Å². The number of thiol groups is 1. The van der Waals surface area contributed by atoms with Crippen LogP contribution in [-0.2, 0) is 10.7 Å². The monoisotopic (exact) mass is 96.0 g/mol. The molecule has 0 fully saturated rings. The minimum absolute atomic E-state index is 0.741. The molecule has 0 aromatic heterocycles. The molecule has 0 rings (SSSR count). The van der Waals surface area contributed by atoms with E-state index < -0.39 is 16.6 Å². The second kappa shape index (κ2) is 2.17. The Morgan fingerprint density at radius 3 is 1.80 bits per heavy atom. The highest BCUT2D eigenvalue weighted by atomic mass is 32.2. The van der Waals surface area contributed by atoms with E-state index in [1.165, 1.54) is 0 Å². The predicted molar refractivity (Wildman–Crippen MR) is 17.4 cm³/mol. The molecule has 0 radical (unpaired) electrons. The maximum Gasteiger partial charge on any atom is 0.163 e. The average molecular weight is 96.1 g/mol. The van der Waals surface area contributed by atoms with Crippen LogP contribution in [0.5, 0.6) is 0 Å². The molecule has 0 saturated carbocycles. The molecule has 0 atom stereocenters. The zero-order valence-electron chi connectivity index (χ0n) is 2.42. The minimum Gasteiger partial charge on any atom is -0.381 e. The Morgan fingerprint density at radius 2 is 1.80 bits per heavy atom. The van der Waals surface area contributed by atoms with Gasteiger partial charge in [-0.15, -0.1) is 0 Å². The average Bonchev–Trinajstić information content (AvgIpc) is 1.38. The summed E-state index contributed by atoms with van der Waals surface area (Å²) >= 11 is 0. The second-order valence-corrected chi connectivity index (χ2v) is 1.42. The third-order valence-electron chi connectivity index (χ3n) is 0.115. The molecule has 5 heavy (non-hydrogen) atoms. The first kappa shape index (κ1) is 4.91. The lowest BCUT2D eigenvalue weighted by atomic mass is 11.7. The van der Waals surface area contributed by atoms with Gasteiger partial charge in [-0.05, 0) is 0 Å². The molecule has 0 heterocycles. The summed E-state index contributed by atoms with van der Waals surface area (Å²) in [6.45, 7) is 0. The van der Waals surface area contributed by atoms with Crippen molar-refractivity contribution in [1.29, 1.82) is 0 Å². The summed E-state index contributed by atoms with van der Waals surface area (Å²) in [5.41, 5.74) is 0. The molecule has 0 aliphatic carbocycles. The van der Waals surface area contributed by atoms with E-state index in [1.54, 1.807) is 0 Å². The van der Waals surface area contributed by atoms with Crippen molar-refractivity contribution >= 4 is 10.7 Å². The molecule has 1 N–H and O–H groups in total. The summed E-state index contributed by atoms with van der Waals surface area (Å²) in [6.07, 6.45) is 0. The molecule has 0 bridgehead atoms. The number of aliphatic hydroxyl groups is 1. The van der Waals surface area contributed by atoms with E-state index in [4.69, 9.17) is 13.5 Å². The summed E-state index contributed by atoms with van der Waals surface area (Å²) in [5, 5.41) is 7.55. The third-order valence-corrected chi connectivity index (χ3v) is 0.346. The Hall–Kier alpha value is -0.0900. The van der Waals surface area contributed by atoms with Gasteiger partial charge < -0.3 is 5.11 Å². The zero-order chi connectivity index (χ0) is 4.28. The summed E-state index contributed by atoms with van der Waals surface area (Å²) in [7, 11) is -2.54. The summed E-state index contributed by atoms with van der Waals surface area (Å²) in [5.74, 6) is -0.741. The molecule has 0 saturated heterocycles. The minimum atomic E-state index is -2.54. The van der Waals surface area contributed by atoms with Crippen molar-refractivity contribution in [2.45, 2.75) is 0 Å². The van der Waals surface area contributed by atoms with E-state index in [2.05, 4.69) is 0 Å². The Balaban J connectivity index is 3.23. The lowest BCUT2D eigenvalue weighted by molar-refractivity contribution is 0.363. The van der Waals surface area contributed by atoms with E-state index in [-0.39, 0.29) is 0 Å². The number of aliphatic hydroxyl groups excluding tert-OH is 1. The van der Waals surface area contributed by atoms with Gasteiger partial charge in [-0.2, -0.15) is 0 Å². The van der Waals surface area contributed by atoms with Gasteiger partial charge in [0.2, 0.25) is 0 Å². The van der Waals surface area contributed by atoms with Gasteiger partial charge in [0.05, 0.1) is 0 Å². The van der Waals surface area contributed by atoms with Crippen molar-refractivity contribution in [3.05, 3.63) is 0 Å². The molecule has 0 aromatic carbocycles. The fraction of sp³-hybridized carbons (Fsp3) is 1.00. The van der Waals surface area contributed by atoms with E-state index in [1.807, 2.05) is 0 Å². The third kappa shape index (κ3) is 3.91. The Morgan fingerprint density at radius 1 is 1.60 bits per heavy atom. The quantitative estimate of drug-likeness (QED) is 0.392. The highest BCUT2D eigenvalue weighted by Gasteiger charge is 1.66. The van der Waals surface area contributed by atoms with E-state index in [9.17, 15) is 0 Å². The van der Waals surface area contributed by atoms with Gasteiger partial charge in [0.15, 0.2) is 10.7 Å². The molecule has 0 spiro atoms. The van der Waals surface area contributed by atoms with Crippen LogP contribution >= 0.6 is 0 Å². The van der Waals surface area contributed by atoms with Gasteiger partial charge in [0.1, 0.15) is 5.94 Å². The van der Waals surface area contributed by atoms with Crippen LogP contribution in [0.2, 0.25) is 0 Å². The molecule has 0 aliphatic heterocycles. The van der Waals surface area contributed by atoms with Crippen molar-refractivity contribution < 1.29 is 13.5 Å². The van der Waals surface area contributed by atoms with Crippen LogP contribution in [0.25, 0.3) is 0 Å². The Labute approximate surface area is 31.2 Å². The number of rotatable bonds is 1. The summed E-state index contributed by atoms with van der Waals surface area (Å²) in [4.78, 5) is 0. The molecular weight excluding hydrogens is 92.1 g/mol. The van der Waals surface area contributed by atoms with Crippen LogP contribution in [0.15, 0.2) is 0 Å². The van der Waals surface area contributed by atoms with Crippen LogP contribution in [0, 0.1) is 0 Å². The molecular formula is CH4O3S. The van der Waals surface area contributed by atoms with Crippen molar-refractivity contribution in [2.75, 3.05) is 5.94 Å². The van der Waals surface area contributed by atoms with E-state index in [0.717, 1.165) is 0 Å². The SMILES string of the molecule is O=[SH](=O)CO. The van der Waals surface area contributed by atoms with Crippen LogP contribution < -0.4 is 0 Å². The Bertz CT molecular complexity index is 65.0. The van der Waals surface area contributed by atoms with Gasteiger partial charge in [-0.25, -0.2) is 8.42 Å². The highest BCUT2D eigenvalue weighted by Crippen LogP contribution is 1.47. The normalized spacial score (nSPS) is 9.20. The fourth-order valence-corrected chi connectivity index (χ4v) is 0. The largest absolute Gasteiger partial charge is 0.381 e. The lowest BCUT2D eigenvalue weighted by Crippen LogP contribution is -1.78. The molecule has 0 aromatic rings. The first-order valence-electron chi connectivity index (χ1n) is 0.998. The van der Waals surface area contributed by atoms with Crippen LogP contribution in [0.4, 0.5) is 0 Å². The standard InChI is InChI=1S/CH4O3S/c2-1-5(3)4/h2,5H,1H2. The molecule has 0 aliphatic rings. The highest BCUT2D eigenvalue weighted by molar-refractivity contribution is 7.72. The number of hydrogen-bond donors (Lipinski definition) is 2. The van der Waals surface area contributed by atoms with Crippen LogP contribution in [-0.4, -0.2) is 19.5 Å². The molecule has 32 valence electrons. The van der Waals surface area contributed by atoms with Crippen molar-refractivity contribution in [3.8, 4) is 0 Å². The lowest BCUT2D eigenvalue weighted by Gasteiger charge is -1.61. The molecule has 0 unspecified atom stereocenters. The fourth-order valence-electron chi connectivity index (χ4n) is 0.